The van der Waals surface area contributed by atoms with Crippen molar-refractivity contribution < 1.29 is 9.90 Å². The topological polar surface area (TPSA) is 90.0 Å². The van der Waals surface area contributed by atoms with Crippen molar-refractivity contribution in [1.82, 2.24) is 15.5 Å². The molecule has 0 saturated heterocycles. The molecule has 1 amide bonds. The Hall–Kier alpha value is -2.08. The molecule has 1 aliphatic carbocycles. The summed E-state index contributed by atoms with van der Waals surface area (Å²) in [5.41, 5.74) is 2.14. The van der Waals surface area contributed by atoms with Crippen molar-refractivity contribution in [2.24, 2.45) is 5.92 Å². The Labute approximate surface area is 148 Å². The van der Waals surface area contributed by atoms with Crippen LogP contribution in [0.1, 0.15) is 46.0 Å². The maximum atomic E-state index is 12.0. The van der Waals surface area contributed by atoms with Crippen LogP contribution in [-0.2, 0) is 4.79 Å². The third kappa shape index (κ3) is 4.72. The number of amides is 1. The zero-order chi connectivity index (χ0) is 17.8. The average Bonchev–Trinajstić information content (AvgIpc) is 3.03. The van der Waals surface area contributed by atoms with Crippen LogP contribution in [0.25, 0.3) is 10.9 Å². The van der Waals surface area contributed by atoms with E-state index in [1.54, 1.807) is 0 Å². The Kier molecular flexibility index (Phi) is 5.58. The Morgan fingerprint density at radius 1 is 1.28 bits per heavy atom. The zero-order valence-electron chi connectivity index (χ0n) is 15.0. The molecule has 1 heterocycles. The minimum absolute atomic E-state index is 0.170. The minimum atomic E-state index is -0.891. The van der Waals surface area contributed by atoms with Crippen LogP contribution in [0.4, 0.5) is 5.69 Å². The predicted octanol–water partition coefficient (Wildman–Crippen LogP) is 2.81. The molecule has 4 N–H and O–H groups in total. The molecule has 6 heteroatoms. The second kappa shape index (κ2) is 7.87. The fraction of sp³-hybridized carbons (Fsp3) is 0.579. The summed E-state index contributed by atoms with van der Waals surface area (Å²) in [5.74, 6) is 0.0868. The highest BCUT2D eigenvalue weighted by Crippen LogP contribution is 2.24. The molecule has 0 unspecified atom stereocenters. The van der Waals surface area contributed by atoms with E-state index in [1.165, 1.54) is 0 Å². The number of carbonyl (C=O) groups excluding carboxylic acids is 1. The number of H-pyrrole nitrogens is 1. The van der Waals surface area contributed by atoms with Gasteiger partial charge in [0.1, 0.15) is 6.10 Å². The third-order valence-corrected chi connectivity index (χ3v) is 4.88. The average molecular weight is 344 g/mol. The van der Waals surface area contributed by atoms with Gasteiger partial charge in [-0.15, -0.1) is 0 Å². The van der Waals surface area contributed by atoms with E-state index in [0.29, 0.717) is 18.4 Å². The molecule has 0 bridgehead atoms. The maximum absolute atomic E-state index is 12.0. The second-order valence-electron chi connectivity index (χ2n) is 7.52. The fourth-order valence-corrected chi connectivity index (χ4v) is 3.50. The van der Waals surface area contributed by atoms with Crippen LogP contribution < -0.4 is 10.6 Å². The molecule has 1 atom stereocenters. The van der Waals surface area contributed by atoms with Crippen molar-refractivity contribution in [2.45, 2.75) is 64.1 Å². The first-order chi connectivity index (χ1) is 12.0. The predicted molar refractivity (Wildman–Crippen MR) is 99.4 cm³/mol. The Bertz CT molecular complexity index is 704. The smallest absolute Gasteiger partial charge is 0.249 e. The molecule has 0 aliphatic heterocycles. The minimum Gasteiger partial charge on any atom is -0.383 e. The van der Waals surface area contributed by atoms with Gasteiger partial charge in [0.15, 0.2) is 0 Å². The second-order valence-corrected chi connectivity index (χ2v) is 7.52. The van der Waals surface area contributed by atoms with Gasteiger partial charge < -0.3 is 15.7 Å². The molecular weight excluding hydrogens is 316 g/mol. The summed E-state index contributed by atoms with van der Waals surface area (Å²) in [4.78, 5) is 12.0. The number of rotatable bonds is 6. The summed E-state index contributed by atoms with van der Waals surface area (Å²) in [7, 11) is 0. The summed E-state index contributed by atoms with van der Waals surface area (Å²) >= 11 is 0. The maximum Gasteiger partial charge on any atom is 0.249 e. The van der Waals surface area contributed by atoms with Crippen LogP contribution in [0.5, 0.6) is 0 Å². The lowest BCUT2D eigenvalue weighted by molar-refractivity contribution is -0.131. The van der Waals surface area contributed by atoms with Crippen molar-refractivity contribution in [3.8, 4) is 0 Å². The van der Waals surface area contributed by atoms with Gasteiger partial charge in [-0.3, -0.25) is 9.89 Å². The number of nitrogens with zero attached hydrogens (tertiary/aromatic N) is 1. The van der Waals surface area contributed by atoms with Gasteiger partial charge in [0, 0.05) is 23.2 Å². The van der Waals surface area contributed by atoms with Crippen LogP contribution in [0.2, 0.25) is 0 Å². The zero-order valence-corrected chi connectivity index (χ0v) is 15.0. The van der Waals surface area contributed by atoms with Gasteiger partial charge in [-0.25, -0.2) is 0 Å². The quantitative estimate of drug-likeness (QED) is 0.649. The lowest BCUT2D eigenvalue weighted by Crippen LogP contribution is -2.44. The van der Waals surface area contributed by atoms with Gasteiger partial charge >= 0.3 is 0 Å². The molecule has 1 aliphatic rings. The number of carbonyl (C=O) groups is 1. The number of hydrogen-bond donors (Lipinski definition) is 4. The largest absolute Gasteiger partial charge is 0.383 e. The normalized spacial score (nSPS) is 22.1. The van der Waals surface area contributed by atoms with E-state index < -0.39 is 6.10 Å². The first-order valence-electron chi connectivity index (χ1n) is 9.19. The Balaban J connectivity index is 1.46. The van der Waals surface area contributed by atoms with Crippen LogP contribution in [0, 0.1) is 5.92 Å². The molecule has 1 aromatic carbocycles. The van der Waals surface area contributed by atoms with E-state index in [9.17, 15) is 9.90 Å². The molecule has 0 spiro atoms. The van der Waals surface area contributed by atoms with Crippen molar-refractivity contribution >= 4 is 22.5 Å². The number of aliphatic hydroxyl groups is 1. The Morgan fingerprint density at radius 3 is 2.72 bits per heavy atom. The van der Waals surface area contributed by atoms with Crippen LogP contribution in [0.3, 0.4) is 0 Å². The highest BCUT2D eigenvalue weighted by molar-refractivity contribution is 5.82. The van der Waals surface area contributed by atoms with E-state index >= 15 is 0 Å². The van der Waals surface area contributed by atoms with Gasteiger partial charge in [0.05, 0.1) is 11.7 Å². The first-order valence-corrected chi connectivity index (χ1v) is 9.19. The number of aromatic nitrogens is 2. The summed E-state index contributed by atoms with van der Waals surface area (Å²) in [6.07, 6.45) is 5.34. The lowest BCUT2D eigenvalue weighted by atomic mass is 9.90. The standard InChI is InChI=1S/C19H28N4O2/c1-12(2)9-18(24)19(25)22-15-5-3-14(4-6-15)21-16-7-8-17-13(10-16)11-20-23-17/h7-8,10-12,14-15,18,21,24H,3-6,9H2,1-2H3,(H,20,23)(H,22,25)/t14?,15?,18-/m0/s1. The van der Waals surface area contributed by atoms with Gasteiger partial charge in [0.25, 0.3) is 0 Å². The van der Waals surface area contributed by atoms with Crippen molar-refractivity contribution in [1.29, 1.82) is 0 Å². The SMILES string of the molecule is CC(C)C[C@H](O)C(=O)NC1CCC(Nc2ccc3[nH]ncc3c2)CC1. The lowest BCUT2D eigenvalue weighted by Gasteiger charge is -2.31. The molecule has 3 rings (SSSR count). The van der Waals surface area contributed by atoms with Gasteiger partial charge in [0.2, 0.25) is 5.91 Å². The molecule has 136 valence electrons. The number of hydrogen-bond acceptors (Lipinski definition) is 4. The van der Waals surface area contributed by atoms with Gasteiger partial charge in [-0.1, -0.05) is 13.8 Å². The number of nitrogens with one attached hydrogen (secondary N) is 3. The number of fused-ring (bicyclic) bond motifs is 1. The van der Waals surface area contributed by atoms with Crippen LogP contribution in [0.15, 0.2) is 24.4 Å². The third-order valence-electron chi connectivity index (χ3n) is 4.88. The summed E-state index contributed by atoms with van der Waals surface area (Å²) in [5, 5.41) is 24.6. The molecule has 25 heavy (non-hydrogen) atoms. The molecule has 6 nitrogen and oxygen atoms in total. The molecule has 1 aromatic heterocycles. The number of aliphatic hydroxyl groups excluding tert-OH is 1. The molecule has 1 fully saturated rings. The number of aromatic amines is 1. The highest BCUT2D eigenvalue weighted by Gasteiger charge is 2.25. The molecule has 1 saturated carbocycles. The Morgan fingerprint density at radius 2 is 2.00 bits per heavy atom. The van der Waals surface area contributed by atoms with Crippen molar-refractivity contribution in [2.75, 3.05) is 5.32 Å². The van der Waals surface area contributed by atoms with Gasteiger partial charge in [-0.2, -0.15) is 5.10 Å². The highest BCUT2D eigenvalue weighted by atomic mass is 16.3. The summed E-state index contributed by atoms with van der Waals surface area (Å²) in [6.45, 7) is 4.02. The monoisotopic (exact) mass is 344 g/mol. The fourth-order valence-electron chi connectivity index (χ4n) is 3.50. The van der Waals surface area contributed by atoms with Crippen LogP contribution >= 0.6 is 0 Å². The van der Waals surface area contributed by atoms with E-state index in [0.717, 1.165) is 42.3 Å². The van der Waals surface area contributed by atoms with Crippen molar-refractivity contribution in [3.63, 3.8) is 0 Å². The van der Waals surface area contributed by atoms with Crippen molar-refractivity contribution in [3.05, 3.63) is 24.4 Å². The molecule has 2 aromatic rings. The molecule has 0 radical (unpaired) electrons. The number of benzene rings is 1. The molecular formula is C19H28N4O2. The number of anilines is 1. The van der Waals surface area contributed by atoms with E-state index in [2.05, 4.69) is 33.0 Å². The summed E-state index contributed by atoms with van der Waals surface area (Å²) < 4.78 is 0. The van der Waals surface area contributed by atoms with Gasteiger partial charge in [-0.05, 0) is 56.2 Å². The van der Waals surface area contributed by atoms with E-state index in [4.69, 9.17) is 0 Å². The van der Waals surface area contributed by atoms with E-state index in [-0.39, 0.29) is 11.9 Å². The van der Waals surface area contributed by atoms with Crippen LogP contribution in [-0.4, -0.2) is 39.4 Å². The first kappa shape index (κ1) is 17.7. The van der Waals surface area contributed by atoms with E-state index in [1.807, 2.05) is 26.1 Å². The summed E-state index contributed by atoms with van der Waals surface area (Å²) in [6, 6.07) is 6.79.